The van der Waals surface area contributed by atoms with Crippen LogP contribution >= 0.6 is 0 Å². The molecule has 0 aliphatic rings. The molecule has 3 nitrogen and oxygen atoms in total. The number of hydrogen-bond acceptors (Lipinski definition) is 2. The van der Waals surface area contributed by atoms with Crippen LogP contribution in [0.25, 0.3) is 72.6 Å². The molecule has 3 aromatic heterocycles. The predicted molar refractivity (Wildman–Crippen MR) is 178 cm³/mol. The Morgan fingerprint density at radius 3 is 1.70 bits per heavy atom. The SMILES string of the molecule is c1ccc(-c2cc(-c3ccccc3)nc(-c3ccc(-c4nc5ccccn5c4-c4ccc5ccccc5c4)cc3)c2)cc1. The van der Waals surface area contributed by atoms with E-state index in [2.05, 4.69) is 150 Å². The van der Waals surface area contributed by atoms with Gasteiger partial charge in [0, 0.05) is 28.5 Å². The molecule has 8 aromatic rings. The lowest BCUT2D eigenvalue weighted by Gasteiger charge is -2.11. The van der Waals surface area contributed by atoms with E-state index in [0.29, 0.717) is 0 Å². The van der Waals surface area contributed by atoms with Crippen molar-refractivity contribution in [3.63, 3.8) is 0 Å². The van der Waals surface area contributed by atoms with Gasteiger partial charge in [-0.05, 0) is 52.2 Å². The molecule has 0 bridgehead atoms. The Morgan fingerprint density at radius 2 is 0.953 bits per heavy atom. The molecule has 0 saturated heterocycles. The number of rotatable bonds is 5. The zero-order valence-electron chi connectivity index (χ0n) is 23.4. The van der Waals surface area contributed by atoms with E-state index in [9.17, 15) is 0 Å². The topological polar surface area (TPSA) is 30.2 Å². The fraction of sp³-hybridized carbons (Fsp3) is 0. The molecule has 5 aromatic carbocycles. The van der Waals surface area contributed by atoms with Crippen LogP contribution in [0.15, 0.2) is 164 Å². The van der Waals surface area contributed by atoms with Crippen LogP contribution in [-0.4, -0.2) is 14.4 Å². The lowest BCUT2D eigenvalue weighted by Crippen LogP contribution is -1.92. The first-order chi connectivity index (χ1) is 21.3. The first kappa shape index (κ1) is 25.0. The third-order valence-electron chi connectivity index (χ3n) is 8.01. The number of fused-ring (bicyclic) bond motifs is 2. The molecule has 3 heteroatoms. The van der Waals surface area contributed by atoms with E-state index in [0.717, 1.165) is 56.2 Å². The Morgan fingerprint density at radius 1 is 0.372 bits per heavy atom. The van der Waals surface area contributed by atoms with Crippen LogP contribution in [0.4, 0.5) is 0 Å². The second-order valence-electron chi connectivity index (χ2n) is 10.7. The van der Waals surface area contributed by atoms with Gasteiger partial charge in [0.1, 0.15) is 5.65 Å². The number of hydrogen-bond donors (Lipinski definition) is 0. The second-order valence-corrected chi connectivity index (χ2v) is 10.7. The molecule has 0 fully saturated rings. The molecule has 0 atom stereocenters. The minimum Gasteiger partial charge on any atom is -0.299 e. The van der Waals surface area contributed by atoms with E-state index >= 15 is 0 Å². The van der Waals surface area contributed by atoms with Crippen molar-refractivity contribution in [1.82, 2.24) is 14.4 Å². The van der Waals surface area contributed by atoms with Crippen molar-refractivity contribution in [1.29, 1.82) is 0 Å². The Kier molecular flexibility index (Phi) is 6.12. The summed E-state index contributed by atoms with van der Waals surface area (Å²) >= 11 is 0. The van der Waals surface area contributed by atoms with Crippen molar-refractivity contribution in [2.75, 3.05) is 0 Å². The molecule has 202 valence electrons. The molecule has 0 N–H and O–H groups in total. The molecule has 3 heterocycles. The standard InChI is InChI=1S/C40H27N3/c1-3-11-28(12-4-1)35-26-36(30-14-5-2-6-15-30)41-37(27-35)31-19-21-32(22-20-31)39-40(43-24-10-9-17-38(43)42-39)34-23-18-29-13-7-8-16-33(29)25-34/h1-27H. The summed E-state index contributed by atoms with van der Waals surface area (Å²) in [7, 11) is 0. The van der Waals surface area contributed by atoms with Gasteiger partial charge >= 0.3 is 0 Å². The molecule has 0 unspecified atom stereocenters. The molecule has 0 spiro atoms. The number of benzene rings is 5. The van der Waals surface area contributed by atoms with Crippen LogP contribution in [0.3, 0.4) is 0 Å². The fourth-order valence-electron chi connectivity index (χ4n) is 5.84. The van der Waals surface area contributed by atoms with E-state index in [1.807, 2.05) is 18.2 Å². The average Bonchev–Trinajstić information content (AvgIpc) is 3.48. The summed E-state index contributed by atoms with van der Waals surface area (Å²) < 4.78 is 2.18. The molecular formula is C40H27N3. The molecule has 0 aliphatic carbocycles. The highest BCUT2D eigenvalue weighted by Gasteiger charge is 2.17. The van der Waals surface area contributed by atoms with Crippen molar-refractivity contribution in [3.05, 3.63) is 164 Å². The smallest absolute Gasteiger partial charge is 0.137 e. The minimum absolute atomic E-state index is 0.925. The van der Waals surface area contributed by atoms with Gasteiger partial charge in [0.15, 0.2) is 0 Å². The van der Waals surface area contributed by atoms with Crippen LogP contribution in [0.2, 0.25) is 0 Å². The third-order valence-corrected chi connectivity index (χ3v) is 8.01. The summed E-state index contributed by atoms with van der Waals surface area (Å²) in [5.41, 5.74) is 11.6. The normalized spacial score (nSPS) is 11.3. The first-order valence-corrected chi connectivity index (χ1v) is 14.5. The monoisotopic (exact) mass is 549 g/mol. The van der Waals surface area contributed by atoms with Gasteiger partial charge in [-0.2, -0.15) is 0 Å². The third kappa shape index (κ3) is 4.67. The van der Waals surface area contributed by atoms with E-state index in [1.165, 1.54) is 16.3 Å². The van der Waals surface area contributed by atoms with Crippen LogP contribution in [0.5, 0.6) is 0 Å². The molecule has 0 saturated carbocycles. The molecule has 0 aliphatic heterocycles. The van der Waals surface area contributed by atoms with Crippen molar-refractivity contribution in [2.45, 2.75) is 0 Å². The van der Waals surface area contributed by atoms with Gasteiger partial charge in [-0.15, -0.1) is 0 Å². The molecule has 0 radical (unpaired) electrons. The quantitative estimate of drug-likeness (QED) is 0.214. The first-order valence-electron chi connectivity index (χ1n) is 14.5. The molecular weight excluding hydrogens is 522 g/mol. The van der Waals surface area contributed by atoms with Crippen LogP contribution < -0.4 is 0 Å². The maximum atomic E-state index is 5.11. The number of aromatic nitrogens is 3. The lowest BCUT2D eigenvalue weighted by atomic mass is 9.98. The highest BCUT2D eigenvalue weighted by Crippen LogP contribution is 2.36. The second kappa shape index (κ2) is 10.6. The highest BCUT2D eigenvalue weighted by molar-refractivity contribution is 5.91. The van der Waals surface area contributed by atoms with Gasteiger partial charge in [-0.3, -0.25) is 4.40 Å². The maximum absolute atomic E-state index is 5.11. The number of pyridine rings is 2. The Balaban J connectivity index is 1.24. The zero-order chi connectivity index (χ0) is 28.6. The van der Waals surface area contributed by atoms with Gasteiger partial charge in [0.2, 0.25) is 0 Å². The number of imidazole rings is 1. The summed E-state index contributed by atoms with van der Waals surface area (Å²) in [4.78, 5) is 10.2. The predicted octanol–water partition coefficient (Wildman–Crippen LogP) is 10.2. The Labute approximate surface area is 250 Å². The van der Waals surface area contributed by atoms with E-state index in [-0.39, 0.29) is 0 Å². The van der Waals surface area contributed by atoms with E-state index < -0.39 is 0 Å². The summed E-state index contributed by atoms with van der Waals surface area (Å²) in [5, 5.41) is 2.44. The summed E-state index contributed by atoms with van der Waals surface area (Å²) in [5.74, 6) is 0. The van der Waals surface area contributed by atoms with E-state index in [4.69, 9.17) is 9.97 Å². The summed E-state index contributed by atoms with van der Waals surface area (Å²) in [6.45, 7) is 0. The van der Waals surface area contributed by atoms with Crippen molar-refractivity contribution >= 4 is 16.4 Å². The molecule has 0 amide bonds. The van der Waals surface area contributed by atoms with Crippen LogP contribution in [0, 0.1) is 0 Å². The van der Waals surface area contributed by atoms with E-state index in [1.54, 1.807) is 0 Å². The Hall–Kier alpha value is -5.80. The molecule has 8 rings (SSSR count). The zero-order valence-corrected chi connectivity index (χ0v) is 23.4. The summed E-state index contributed by atoms with van der Waals surface area (Å²) in [6.07, 6.45) is 2.09. The van der Waals surface area contributed by atoms with Crippen molar-refractivity contribution < 1.29 is 0 Å². The number of nitrogens with zero attached hydrogens (tertiary/aromatic N) is 3. The van der Waals surface area contributed by atoms with Crippen molar-refractivity contribution in [3.8, 4) is 56.2 Å². The van der Waals surface area contributed by atoms with Gasteiger partial charge in [-0.25, -0.2) is 9.97 Å². The average molecular weight is 550 g/mol. The van der Waals surface area contributed by atoms with Crippen LogP contribution in [0.1, 0.15) is 0 Å². The van der Waals surface area contributed by atoms with Gasteiger partial charge in [0.05, 0.1) is 22.8 Å². The highest BCUT2D eigenvalue weighted by atomic mass is 15.0. The maximum Gasteiger partial charge on any atom is 0.137 e. The van der Waals surface area contributed by atoms with Gasteiger partial charge in [-0.1, -0.05) is 127 Å². The van der Waals surface area contributed by atoms with Gasteiger partial charge < -0.3 is 0 Å². The van der Waals surface area contributed by atoms with Gasteiger partial charge in [0.25, 0.3) is 0 Å². The minimum atomic E-state index is 0.925. The molecule has 43 heavy (non-hydrogen) atoms. The lowest BCUT2D eigenvalue weighted by molar-refractivity contribution is 1.19. The summed E-state index contributed by atoms with van der Waals surface area (Å²) in [6, 6.07) is 55.2. The van der Waals surface area contributed by atoms with Crippen LogP contribution in [-0.2, 0) is 0 Å². The van der Waals surface area contributed by atoms with Crippen molar-refractivity contribution in [2.24, 2.45) is 0 Å². The fourth-order valence-corrected chi connectivity index (χ4v) is 5.84. The largest absolute Gasteiger partial charge is 0.299 e. The Bertz CT molecular complexity index is 2160.